The molecule has 1 atom stereocenters. The largest absolute Gasteiger partial charge is 0.370 e. The lowest BCUT2D eigenvalue weighted by Gasteiger charge is -2.31. The molecule has 0 aromatic heterocycles. The van der Waals surface area contributed by atoms with Crippen LogP contribution in [0.5, 0.6) is 0 Å². The van der Waals surface area contributed by atoms with Gasteiger partial charge in [0.15, 0.2) is 5.96 Å². The fraction of sp³-hybridized carbons (Fsp3) is 0.929. The summed E-state index contributed by atoms with van der Waals surface area (Å²) in [5.74, 6) is 2.33. The van der Waals surface area contributed by atoms with Gasteiger partial charge in [0.25, 0.3) is 0 Å². The van der Waals surface area contributed by atoms with Gasteiger partial charge in [-0.25, -0.2) is 0 Å². The van der Waals surface area contributed by atoms with Crippen LogP contribution in [0.2, 0.25) is 0 Å². The lowest BCUT2D eigenvalue weighted by atomic mass is 10.0. The molecule has 1 fully saturated rings. The number of likely N-dealkylation sites (tertiary alicyclic amines) is 1. The lowest BCUT2D eigenvalue weighted by Crippen LogP contribution is -2.43. The van der Waals surface area contributed by atoms with Gasteiger partial charge in [-0.2, -0.15) is 0 Å². The van der Waals surface area contributed by atoms with Crippen molar-refractivity contribution in [2.75, 3.05) is 19.6 Å². The summed E-state index contributed by atoms with van der Waals surface area (Å²) in [4.78, 5) is 6.75. The van der Waals surface area contributed by atoms with Crippen molar-refractivity contribution < 1.29 is 0 Å². The molecule has 0 spiro atoms. The molecular formula is C14H29N3. The topological polar surface area (TPSA) is 41.6 Å². The molecule has 0 aromatic rings. The Balaban J connectivity index is 2.19. The Bertz CT molecular complexity index is 236. The normalized spacial score (nSPS) is 22.2. The number of unbranched alkanes of at least 4 members (excludes halogenated alkanes) is 1. The van der Waals surface area contributed by atoms with E-state index >= 15 is 0 Å². The fourth-order valence-corrected chi connectivity index (χ4v) is 2.36. The maximum Gasteiger partial charge on any atom is 0.191 e. The smallest absolute Gasteiger partial charge is 0.191 e. The number of nitrogens with two attached hydrogens (primary N) is 1. The molecule has 0 aromatic carbocycles. The molecule has 0 amide bonds. The van der Waals surface area contributed by atoms with Gasteiger partial charge in [0.2, 0.25) is 0 Å². The van der Waals surface area contributed by atoms with Crippen LogP contribution in [-0.2, 0) is 0 Å². The van der Waals surface area contributed by atoms with Crippen LogP contribution in [0.15, 0.2) is 4.99 Å². The average Bonchev–Trinajstić information content (AvgIpc) is 2.28. The van der Waals surface area contributed by atoms with Crippen molar-refractivity contribution in [3.05, 3.63) is 0 Å². The van der Waals surface area contributed by atoms with Crippen molar-refractivity contribution in [1.82, 2.24) is 4.90 Å². The van der Waals surface area contributed by atoms with E-state index in [0.717, 1.165) is 37.4 Å². The van der Waals surface area contributed by atoms with E-state index in [9.17, 15) is 0 Å². The number of hydrogen-bond acceptors (Lipinski definition) is 1. The van der Waals surface area contributed by atoms with Gasteiger partial charge in [0.1, 0.15) is 0 Å². The molecule has 1 saturated heterocycles. The second-order valence-electron chi connectivity index (χ2n) is 5.82. The number of piperidine rings is 1. The summed E-state index contributed by atoms with van der Waals surface area (Å²) in [7, 11) is 0. The molecular weight excluding hydrogens is 210 g/mol. The van der Waals surface area contributed by atoms with Crippen molar-refractivity contribution in [1.29, 1.82) is 0 Å². The zero-order chi connectivity index (χ0) is 12.7. The first kappa shape index (κ1) is 14.3. The third-order valence-electron chi connectivity index (χ3n) is 3.44. The number of guanidine groups is 1. The highest BCUT2D eigenvalue weighted by Crippen LogP contribution is 2.15. The van der Waals surface area contributed by atoms with E-state index in [-0.39, 0.29) is 0 Å². The minimum absolute atomic E-state index is 0.762. The fourth-order valence-electron chi connectivity index (χ4n) is 2.36. The molecule has 1 heterocycles. The molecule has 3 heteroatoms. The van der Waals surface area contributed by atoms with Crippen molar-refractivity contribution in [2.24, 2.45) is 22.6 Å². The molecule has 1 aliphatic heterocycles. The Labute approximate surface area is 106 Å². The van der Waals surface area contributed by atoms with Crippen LogP contribution in [0.4, 0.5) is 0 Å². The van der Waals surface area contributed by atoms with Crippen LogP contribution in [0.3, 0.4) is 0 Å². The molecule has 2 N–H and O–H groups in total. The van der Waals surface area contributed by atoms with Gasteiger partial charge in [0.05, 0.1) is 0 Å². The predicted molar refractivity (Wildman–Crippen MR) is 75.1 cm³/mol. The van der Waals surface area contributed by atoms with Crippen molar-refractivity contribution in [3.63, 3.8) is 0 Å². The first-order valence-electron chi connectivity index (χ1n) is 7.14. The zero-order valence-electron chi connectivity index (χ0n) is 11.8. The summed E-state index contributed by atoms with van der Waals surface area (Å²) in [5.41, 5.74) is 6.03. The van der Waals surface area contributed by atoms with E-state index in [1.54, 1.807) is 0 Å². The van der Waals surface area contributed by atoms with E-state index in [1.165, 1.54) is 32.1 Å². The van der Waals surface area contributed by atoms with Crippen LogP contribution >= 0.6 is 0 Å². The Morgan fingerprint density at radius 3 is 2.82 bits per heavy atom. The van der Waals surface area contributed by atoms with E-state index in [0.29, 0.717) is 0 Å². The summed E-state index contributed by atoms with van der Waals surface area (Å²) < 4.78 is 0. The summed E-state index contributed by atoms with van der Waals surface area (Å²) in [5, 5.41) is 0. The molecule has 17 heavy (non-hydrogen) atoms. The number of hydrogen-bond donors (Lipinski definition) is 1. The molecule has 0 aliphatic carbocycles. The monoisotopic (exact) mass is 239 g/mol. The van der Waals surface area contributed by atoms with Crippen LogP contribution in [-0.4, -0.2) is 30.5 Å². The van der Waals surface area contributed by atoms with Crippen LogP contribution in [0, 0.1) is 11.8 Å². The molecule has 0 saturated carbocycles. The Morgan fingerprint density at radius 1 is 1.41 bits per heavy atom. The zero-order valence-corrected chi connectivity index (χ0v) is 11.8. The third-order valence-corrected chi connectivity index (χ3v) is 3.44. The van der Waals surface area contributed by atoms with Crippen LogP contribution < -0.4 is 5.73 Å². The quantitative estimate of drug-likeness (QED) is 0.455. The van der Waals surface area contributed by atoms with Gasteiger partial charge in [-0.3, -0.25) is 4.99 Å². The summed E-state index contributed by atoms with van der Waals surface area (Å²) >= 11 is 0. The van der Waals surface area contributed by atoms with Crippen LogP contribution in [0.25, 0.3) is 0 Å². The highest BCUT2D eigenvalue weighted by molar-refractivity contribution is 5.78. The molecule has 1 unspecified atom stereocenters. The van der Waals surface area contributed by atoms with Crippen molar-refractivity contribution >= 4 is 5.96 Å². The van der Waals surface area contributed by atoms with E-state index in [4.69, 9.17) is 5.73 Å². The Kier molecular flexibility index (Phi) is 6.38. The molecule has 3 nitrogen and oxygen atoms in total. The average molecular weight is 239 g/mol. The lowest BCUT2D eigenvalue weighted by molar-refractivity contribution is 0.270. The SMILES string of the molecule is CC(C)CCCCN=C(N)N1CCCC(C)C1. The Hall–Kier alpha value is -0.730. The first-order chi connectivity index (χ1) is 8.09. The molecule has 1 rings (SSSR count). The van der Waals surface area contributed by atoms with Gasteiger partial charge in [-0.1, -0.05) is 33.6 Å². The predicted octanol–water partition coefficient (Wildman–Crippen LogP) is 2.86. The molecule has 100 valence electrons. The highest BCUT2D eigenvalue weighted by Gasteiger charge is 2.17. The van der Waals surface area contributed by atoms with Crippen molar-refractivity contribution in [3.8, 4) is 0 Å². The number of aliphatic imine (C=N–C) groups is 1. The van der Waals surface area contributed by atoms with Gasteiger partial charge < -0.3 is 10.6 Å². The second kappa shape index (κ2) is 7.57. The maximum absolute atomic E-state index is 6.03. The summed E-state index contributed by atoms with van der Waals surface area (Å²) in [6.45, 7) is 9.90. The van der Waals surface area contributed by atoms with Gasteiger partial charge in [-0.05, 0) is 31.1 Å². The first-order valence-corrected chi connectivity index (χ1v) is 7.14. The van der Waals surface area contributed by atoms with Gasteiger partial charge >= 0.3 is 0 Å². The summed E-state index contributed by atoms with van der Waals surface area (Å²) in [6.07, 6.45) is 6.33. The van der Waals surface area contributed by atoms with Gasteiger partial charge in [0, 0.05) is 19.6 Å². The number of rotatable bonds is 5. The maximum atomic E-state index is 6.03. The number of nitrogens with zero attached hydrogens (tertiary/aromatic N) is 2. The van der Waals surface area contributed by atoms with Crippen molar-refractivity contribution in [2.45, 2.75) is 52.9 Å². The standard InChI is InChI=1S/C14H29N3/c1-12(2)7-4-5-9-16-14(15)17-10-6-8-13(3)11-17/h12-13H,4-11H2,1-3H3,(H2,15,16). The molecule has 0 radical (unpaired) electrons. The Morgan fingerprint density at radius 2 is 2.18 bits per heavy atom. The van der Waals surface area contributed by atoms with Crippen LogP contribution in [0.1, 0.15) is 52.9 Å². The summed E-state index contributed by atoms with van der Waals surface area (Å²) in [6, 6.07) is 0. The highest BCUT2D eigenvalue weighted by atomic mass is 15.3. The van der Waals surface area contributed by atoms with E-state index < -0.39 is 0 Å². The third kappa shape index (κ3) is 5.94. The van der Waals surface area contributed by atoms with E-state index in [2.05, 4.69) is 30.7 Å². The molecule has 0 bridgehead atoms. The molecule has 1 aliphatic rings. The minimum Gasteiger partial charge on any atom is -0.370 e. The second-order valence-corrected chi connectivity index (χ2v) is 5.82. The minimum atomic E-state index is 0.762. The van der Waals surface area contributed by atoms with Gasteiger partial charge in [-0.15, -0.1) is 0 Å². The van der Waals surface area contributed by atoms with E-state index in [1.807, 2.05) is 0 Å².